The molecule has 3 aromatic rings. The van der Waals surface area contributed by atoms with E-state index < -0.39 is 0 Å². The van der Waals surface area contributed by atoms with Crippen molar-refractivity contribution in [1.82, 2.24) is 25.1 Å². The minimum Gasteiger partial charge on any atom is -0.351 e. The molecule has 25 heavy (non-hydrogen) atoms. The number of hydrogen-bond acceptors (Lipinski definition) is 5. The Labute approximate surface area is 147 Å². The van der Waals surface area contributed by atoms with Crippen LogP contribution in [0.25, 0.3) is 10.9 Å². The third-order valence-electron chi connectivity index (χ3n) is 4.24. The predicted molar refractivity (Wildman–Crippen MR) is 96.1 cm³/mol. The van der Waals surface area contributed by atoms with Crippen molar-refractivity contribution >= 4 is 28.6 Å². The van der Waals surface area contributed by atoms with E-state index in [1.807, 2.05) is 23.6 Å². The standard InChI is InChI=1S/C17H17N5O2S/c1-10-19-17(21-20-10)25-8-6-18-16(24)13-9-22-7-5-11-3-2-4-12(14(11)22)15(13)23/h2-4,9H,5-8H2,1H3,(H,18,24)(H,19,20,21). The van der Waals surface area contributed by atoms with E-state index in [0.717, 1.165) is 24.3 Å². The first kappa shape index (κ1) is 15.9. The molecule has 128 valence electrons. The summed E-state index contributed by atoms with van der Waals surface area (Å²) >= 11 is 1.45. The predicted octanol–water partition coefficient (Wildman–Crippen LogP) is 1.51. The summed E-state index contributed by atoms with van der Waals surface area (Å²) in [7, 11) is 0. The van der Waals surface area contributed by atoms with Crippen LogP contribution in [-0.4, -0.2) is 38.0 Å². The maximum atomic E-state index is 12.7. The number of amides is 1. The highest BCUT2D eigenvalue weighted by atomic mass is 32.2. The van der Waals surface area contributed by atoms with Crippen LogP contribution in [0.5, 0.6) is 0 Å². The minimum absolute atomic E-state index is 0.199. The average Bonchev–Trinajstić information content (AvgIpc) is 3.21. The number of pyridine rings is 1. The fraction of sp³-hybridized carbons (Fsp3) is 0.294. The molecule has 0 aliphatic carbocycles. The number of nitrogens with one attached hydrogen (secondary N) is 2. The van der Waals surface area contributed by atoms with Crippen LogP contribution in [-0.2, 0) is 13.0 Å². The molecule has 0 unspecified atom stereocenters. The van der Waals surface area contributed by atoms with Gasteiger partial charge in [0.2, 0.25) is 10.6 Å². The van der Waals surface area contributed by atoms with Gasteiger partial charge in [0.1, 0.15) is 11.4 Å². The lowest BCUT2D eigenvalue weighted by molar-refractivity contribution is 0.0954. The smallest absolute Gasteiger partial charge is 0.256 e. The Morgan fingerprint density at radius 3 is 3.12 bits per heavy atom. The van der Waals surface area contributed by atoms with E-state index in [0.29, 0.717) is 22.8 Å². The maximum absolute atomic E-state index is 12.7. The van der Waals surface area contributed by atoms with Crippen molar-refractivity contribution in [3.63, 3.8) is 0 Å². The third kappa shape index (κ3) is 2.93. The molecule has 1 amide bonds. The molecule has 1 aromatic carbocycles. The molecule has 8 heteroatoms. The van der Waals surface area contributed by atoms with Gasteiger partial charge in [0.05, 0.1) is 5.52 Å². The van der Waals surface area contributed by atoms with Gasteiger partial charge in [-0.2, -0.15) is 0 Å². The highest BCUT2D eigenvalue weighted by molar-refractivity contribution is 7.99. The fourth-order valence-electron chi connectivity index (χ4n) is 3.11. The highest BCUT2D eigenvalue weighted by Gasteiger charge is 2.20. The molecule has 3 heterocycles. The lowest BCUT2D eigenvalue weighted by Crippen LogP contribution is -2.31. The molecule has 1 aliphatic heterocycles. The molecule has 1 aliphatic rings. The van der Waals surface area contributed by atoms with Crippen LogP contribution in [0, 0.1) is 6.92 Å². The van der Waals surface area contributed by atoms with Crippen molar-refractivity contribution in [2.45, 2.75) is 25.0 Å². The number of carbonyl (C=O) groups is 1. The number of hydrogen-bond donors (Lipinski definition) is 2. The summed E-state index contributed by atoms with van der Waals surface area (Å²) in [6.45, 7) is 3.08. The van der Waals surface area contributed by atoms with Gasteiger partial charge in [-0.3, -0.25) is 14.7 Å². The number of carbonyl (C=O) groups excluding carboxylic acids is 1. The summed E-state index contributed by atoms with van der Waals surface area (Å²) in [5.74, 6) is 1.06. The van der Waals surface area contributed by atoms with Crippen molar-refractivity contribution in [2.24, 2.45) is 0 Å². The lowest BCUT2D eigenvalue weighted by Gasteiger charge is -2.09. The quantitative estimate of drug-likeness (QED) is 0.534. The van der Waals surface area contributed by atoms with Crippen molar-refractivity contribution in [1.29, 1.82) is 0 Å². The fourth-order valence-corrected chi connectivity index (χ4v) is 3.81. The van der Waals surface area contributed by atoms with Crippen LogP contribution >= 0.6 is 11.8 Å². The number of benzene rings is 1. The molecule has 0 bridgehead atoms. The van der Waals surface area contributed by atoms with E-state index in [1.165, 1.54) is 17.3 Å². The van der Waals surface area contributed by atoms with Crippen LogP contribution in [0.2, 0.25) is 0 Å². The van der Waals surface area contributed by atoms with Crippen LogP contribution < -0.4 is 10.7 Å². The summed E-state index contributed by atoms with van der Waals surface area (Å²) in [4.78, 5) is 29.3. The topological polar surface area (TPSA) is 92.7 Å². The Kier molecular flexibility index (Phi) is 4.04. The van der Waals surface area contributed by atoms with E-state index in [4.69, 9.17) is 0 Å². The summed E-state index contributed by atoms with van der Waals surface area (Å²) in [6.07, 6.45) is 2.58. The lowest BCUT2D eigenvalue weighted by atomic mass is 10.1. The second-order valence-corrected chi connectivity index (χ2v) is 7.00. The molecule has 0 saturated carbocycles. The van der Waals surface area contributed by atoms with Gasteiger partial charge >= 0.3 is 0 Å². The number of thioether (sulfide) groups is 1. The molecule has 0 fully saturated rings. The number of aromatic amines is 1. The maximum Gasteiger partial charge on any atom is 0.256 e. The van der Waals surface area contributed by atoms with Gasteiger partial charge in [0.15, 0.2) is 0 Å². The third-order valence-corrected chi connectivity index (χ3v) is 5.09. The number of rotatable bonds is 5. The summed E-state index contributed by atoms with van der Waals surface area (Å²) in [5, 5.41) is 10.9. The average molecular weight is 355 g/mol. The van der Waals surface area contributed by atoms with E-state index in [1.54, 1.807) is 12.3 Å². The Bertz CT molecular complexity index is 1020. The van der Waals surface area contributed by atoms with Gasteiger partial charge in [-0.25, -0.2) is 4.98 Å². The van der Waals surface area contributed by atoms with Crippen LogP contribution in [0.3, 0.4) is 0 Å². The number of aromatic nitrogens is 4. The summed E-state index contributed by atoms with van der Waals surface area (Å²) in [5.41, 5.74) is 2.12. The number of aryl methyl sites for hydroxylation is 3. The van der Waals surface area contributed by atoms with E-state index in [-0.39, 0.29) is 16.9 Å². The molecule has 2 aromatic heterocycles. The van der Waals surface area contributed by atoms with Crippen molar-refractivity contribution in [3.8, 4) is 0 Å². The van der Waals surface area contributed by atoms with Gasteiger partial charge in [0.25, 0.3) is 5.91 Å². The monoisotopic (exact) mass is 355 g/mol. The summed E-state index contributed by atoms with van der Waals surface area (Å²) < 4.78 is 2.01. The molecule has 7 nitrogen and oxygen atoms in total. The minimum atomic E-state index is -0.334. The normalized spacial score (nSPS) is 12.7. The van der Waals surface area contributed by atoms with Gasteiger partial charge in [-0.1, -0.05) is 23.9 Å². The Balaban J connectivity index is 1.48. The highest BCUT2D eigenvalue weighted by Crippen LogP contribution is 2.23. The van der Waals surface area contributed by atoms with Crippen molar-refractivity contribution in [2.75, 3.05) is 12.3 Å². The zero-order chi connectivity index (χ0) is 17.4. The Morgan fingerprint density at radius 1 is 1.44 bits per heavy atom. The Hall–Kier alpha value is -2.61. The zero-order valence-electron chi connectivity index (χ0n) is 13.7. The largest absolute Gasteiger partial charge is 0.351 e. The van der Waals surface area contributed by atoms with Gasteiger partial charge in [-0.05, 0) is 25.0 Å². The van der Waals surface area contributed by atoms with Gasteiger partial charge in [0, 0.05) is 30.4 Å². The van der Waals surface area contributed by atoms with Crippen LogP contribution in [0.4, 0.5) is 0 Å². The second-order valence-electron chi connectivity index (χ2n) is 5.94. The molecule has 0 atom stereocenters. The van der Waals surface area contributed by atoms with Crippen molar-refractivity contribution in [3.05, 3.63) is 51.6 Å². The first-order valence-corrected chi connectivity index (χ1v) is 9.07. The molecule has 2 N–H and O–H groups in total. The SMILES string of the molecule is Cc1nc(SCCNC(=O)c2cn3c4c(cccc4c2=O)CC3)n[nH]1. The molecular formula is C17H17N5O2S. The molecule has 0 saturated heterocycles. The second kappa shape index (κ2) is 6.36. The molecule has 4 rings (SSSR count). The van der Waals surface area contributed by atoms with E-state index in [9.17, 15) is 9.59 Å². The van der Waals surface area contributed by atoms with Crippen molar-refractivity contribution < 1.29 is 4.79 Å². The van der Waals surface area contributed by atoms with Crippen LogP contribution in [0.1, 0.15) is 21.7 Å². The number of nitrogens with zero attached hydrogens (tertiary/aromatic N) is 3. The molecule has 0 radical (unpaired) electrons. The number of para-hydroxylation sites is 1. The molecule has 0 spiro atoms. The van der Waals surface area contributed by atoms with Crippen LogP contribution in [0.15, 0.2) is 34.3 Å². The first-order chi connectivity index (χ1) is 12.1. The van der Waals surface area contributed by atoms with E-state index >= 15 is 0 Å². The summed E-state index contributed by atoms with van der Waals surface area (Å²) in [6, 6.07) is 5.71. The number of H-pyrrole nitrogens is 1. The Morgan fingerprint density at radius 2 is 2.32 bits per heavy atom. The zero-order valence-corrected chi connectivity index (χ0v) is 14.5. The van der Waals surface area contributed by atoms with Gasteiger partial charge < -0.3 is 9.88 Å². The first-order valence-electron chi connectivity index (χ1n) is 8.08. The van der Waals surface area contributed by atoms with E-state index in [2.05, 4.69) is 20.5 Å². The molecular weight excluding hydrogens is 338 g/mol. The van der Waals surface area contributed by atoms with Gasteiger partial charge in [-0.15, -0.1) is 5.10 Å².